The summed E-state index contributed by atoms with van der Waals surface area (Å²) >= 11 is 5.66. The van der Waals surface area contributed by atoms with Gasteiger partial charge in [-0.05, 0) is 68.3 Å². The summed E-state index contributed by atoms with van der Waals surface area (Å²) in [5.74, 6) is 5.61. The number of nitrogens with one attached hydrogen (secondary N) is 3. The van der Waals surface area contributed by atoms with Crippen LogP contribution in [0.25, 0.3) is 32.8 Å². The van der Waals surface area contributed by atoms with E-state index in [1.165, 1.54) is 0 Å². The zero-order valence-electron chi connectivity index (χ0n) is 38.0. The number of pyridine rings is 2. The summed E-state index contributed by atoms with van der Waals surface area (Å²) in [5, 5.41) is 15.3. The van der Waals surface area contributed by atoms with Gasteiger partial charge in [-0.1, -0.05) is 62.4 Å². The lowest BCUT2D eigenvalue weighted by Gasteiger charge is -2.21. The van der Waals surface area contributed by atoms with E-state index in [1.54, 1.807) is 21.4 Å². The van der Waals surface area contributed by atoms with Crippen molar-refractivity contribution in [1.29, 1.82) is 0 Å². The number of ether oxygens (including phenoxy) is 2. The maximum absolute atomic E-state index is 12.9. The Bertz CT molecular complexity index is 3100. The highest BCUT2D eigenvalue weighted by Crippen LogP contribution is 2.32. The molecule has 0 aliphatic carbocycles. The standard InChI is InChI=1S/C25H28N6O2.C15H21N5O2.C10H8ClN/c1-16-13-30(14-19-7-6-17-4-2-3-5-21(17)27-19)15-20(16)23-28-25(32)22-12-26-24(31(22)29-23)18-8-10-33-11-9-18;1-9-6-16-7-11(9)13-18-15(21)12-8-17-14(20(12)19-13)10-2-4-22-5-3-10;11-7-9-6-5-8-3-1-2-4-10(8)12-9/h2-7,12,16,18,20H,8-11,13-15H2,1H3,(H,28,29,32);8-11,16H,2-7H2,1H3,(H,18,19,21);1-6H,7H2. The minimum atomic E-state index is -0.118. The first-order valence-corrected chi connectivity index (χ1v) is 24.1. The number of hydrogen-bond donors (Lipinski definition) is 3. The van der Waals surface area contributed by atoms with E-state index in [4.69, 9.17) is 36.3 Å². The lowest BCUT2D eigenvalue weighted by Crippen LogP contribution is -2.24. The molecule has 4 aliphatic heterocycles. The molecule has 4 fully saturated rings. The van der Waals surface area contributed by atoms with Gasteiger partial charge in [-0.2, -0.15) is 10.2 Å². The van der Waals surface area contributed by atoms with E-state index < -0.39 is 0 Å². The van der Waals surface area contributed by atoms with Crippen LogP contribution in [0.4, 0.5) is 0 Å². The quantitative estimate of drug-likeness (QED) is 0.144. The Balaban J connectivity index is 0.000000132. The maximum Gasteiger partial charge on any atom is 0.276 e. The molecule has 6 aromatic heterocycles. The Morgan fingerprint density at radius 3 is 1.69 bits per heavy atom. The van der Waals surface area contributed by atoms with Crippen molar-refractivity contribution in [2.75, 3.05) is 52.6 Å². The van der Waals surface area contributed by atoms with Gasteiger partial charge in [-0.25, -0.2) is 19.0 Å². The molecule has 4 aliphatic rings. The second kappa shape index (κ2) is 20.1. The number of nitrogens with zero attached hydrogens (tertiary/aromatic N) is 9. The van der Waals surface area contributed by atoms with Gasteiger partial charge in [0.05, 0.1) is 40.7 Å². The number of fused-ring (bicyclic) bond motifs is 4. The van der Waals surface area contributed by atoms with Gasteiger partial charge in [-0.15, -0.1) is 11.6 Å². The number of alkyl halides is 1. The average Bonchev–Trinajstić information content (AvgIpc) is 4.19. The van der Waals surface area contributed by atoms with Crippen LogP contribution in [0.15, 0.2) is 94.8 Å². The first-order chi connectivity index (χ1) is 32.8. The predicted molar refractivity (Wildman–Crippen MR) is 258 cm³/mol. The van der Waals surface area contributed by atoms with E-state index in [9.17, 15) is 9.59 Å². The molecule has 0 spiro atoms. The molecule has 12 rings (SSSR count). The second-order valence-corrected chi connectivity index (χ2v) is 18.7. The number of imidazole rings is 2. The van der Waals surface area contributed by atoms with Gasteiger partial charge >= 0.3 is 0 Å². The summed E-state index contributed by atoms with van der Waals surface area (Å²) in [5.41, 5.74) is 4.85. The molecule has 17 heteroatoms. The van der Waals surface area contributed by atoms with Gasteiger partial charge in [-0.3, -0.25) is 24.5 Å². The van der Waals surface area contributed by atoms with Crippen molar-refractivity contribution in [2.45, 2.75) is 75.6 Å². The lowest BCUT2D eigenvalue weighted by atomic mass is 9.97. The number of rotatable bonds is 7. The Morgan fingerprint density at radius 1 is 0.627 bits per heavy atom. The zero-order chi connectivity index (χ0) is 45.9. The van der Waals surface area contributed by atoms with Gasteiger partial charge in [0.2, 0.25) is 0 Å². The molecule has 0 saturated carbocycles. The minimum absolute atomic E-state index is 0.102. The molecule has 0 amide bonds. The van der Waals surface area contributed by atoms with E-state index in [0.29, 0.717) is 34.7 Å². The molecular weight excluding hydrogens is 868 g/mol. The minimum Gasteiger partial charge on any atom is -0.381 e. The van der Waals surface area contributed by atoms with Crippen LogP contribution in [-0.2, 0) is 21.9 Å². The highest BCUT2D eigenvalue weighted by molar-refractivity contribution is 6.17. The summed E-state index contributed by atoms with van der Waals surface area (Å²) in [6.07, 6.45) is 6.98. The van der Waals surface area contributed by atoms with Crippen LogP contribution >= 0.6 is 11.6 Å². The average molecular weight is 926 g/mol. The van der Waals surface area contributed by atoms with Crippen molar-refractivity contribution in [3.05, 3.63) is 141 Å². The number of halogens is 1. The SMILES string of the molecule is CC1CN(Cc2ccc3ccccc3n2)CC1c1nn2c(C3CCOCC3)ncc2c(=O)[nH]1.CC1CNCC1c1nn2c(C3CCOCC3)ncc2c(=O)[nH]1.ClCc1ccc2ccccc2n1. The van der Waals surface area contributed by atoms with Gasteiger partial charge in [0.1, 0.15) is 23.3 Å². The fraction of sp³-hybridized carbons (Fsp3) is 0.440. The van der Waals surface area contributed by atoms with E-state index in [1.807, 2.05) is 48.5 Å². The number of para-hydroxylation sites is 2. The molecular formula is C50H57ClN12O4. The second-order valence-electron chi connectivity index (χ2n) is 18.4. The van der Waals surface area contributed by atoms with Crippen LogP contribution in [-0.4, -0.2) is 107 Å². The molecule has 16 nitrogen and oxygen atoms in total. The summed E-state index contributed by atoms with van der Waals surface area (Å²) in [6.45, 7) is 11.8. The topological polar surface area (TPSA) is 186 Å². The molecule has 348 valence electrons. The van der Waals surface area contributed by atoms with Crippen molar-refractivity contribution < 1.29 is 9.47 Å². The monoisotopic (exact) mass is 924 g/mol. The summed E-state index contributed by atoms with van der Waals surface area (Å²) < 4.78 is 14.5. The van der Waals surface area contributed by atoms with E-state index in [-0.39, 0.29) is 28.9 Å². The number of benzene rings is 2. The van der Waals surface area contributed by atoms with E-state index in [0.717, 1.165) is 141 Å². The fourth-order valence-electron chi connectivity index (χ4n) is 10.0. The summed E-state index contributed by atoms with van der Waals surface area (Å²) in [4.78, 5) is 51.9. The third kappa shape index (κ3) is 9.77. The molecule has 4 unspecified atom stereocenters. The lowest BCUT2D eigenvalue weighted by molar-refractivity contribution is 0.0831. The molecule has 8 aromatic rings. The number of aromatic amines is 2. The number of hydrogen-bond acceptors (Lipinski definition) is 12. The van der Waals surface area contributed by atoms with Crippen molar-refractivity contribution in [3.8, 4) is 0 Å². The van der Waals surface area contributed by atoms with Crippen molar-refractivity contribution in [2.24, 2.45) is 11.8 Å². The van der Waals surface area contributed by atoms with Gasteiger partial charge in [0.15, 0.2) is 11.0 Å². The van der Waals surface area contributed by atoms with Crippen LogP contribution < -0.4 is 16.4 Å². The Labute approximate surface area is 392 Å². The maximum atomic E-state index is 12.9. The largest absolute Gasteiger partial charge is 0.381 e. The molecule has 2 aromatic carbocycles. The first kappa shape index (κ1) is 44.9. The molecule has 3 N–H and O–H groups in total. The zero-order valence-corrected chi connectivity index (χ0v) is 38.7. The molecule has 0 bridgehead atoms. The molecule has 0 radical (unpaired) electrons. The Kier molecular flexibility index (Phi) is 13.5. The predicted octanol–water partition coefficient (Wildman–Crippen LogP) is 6.70. The van der Waals surface area contributed by atoms with Crippen molar-refractivity contribution in [3.63, 3.8) is 0 Å². The number of aromatic nitrogens is 10. The highest BCUT2D eigenvalue weighted by atomic mass is 35.5. The molecule has 4 saturated heterocycles. The van der Waals surface area contributed by atoms with Crippen LogP contribution in [0.1, 0.15) is 97.9 Å². The van der Waals surface area contributed by atoms with Crippen molar-refractivity contribution >= 4 is 44.4 Å². The highest BCUT2D eigenvalue weighted by Gasteiger charge is 2.34. The van der Waals surface area contributed by atoms with Crippen LogP contribution in [0.2, 0.25) is 0 Å². The third-order valence-electron chi connectivity index (χ3n) is 13.8. The molecule has 67 heavy (non-hydrogen) atoms. The molecule has 10 heterocycles. The Morgan fingerprint density at radius 2 is 1.15 bits per heavy atom. The molecule has 4 atom stereocenters. The van der Waals surface area contributed by atoms with E-state index in [2.05, 4.69) is 73.2 Å². The number of likely N-dealkylation sites (tertiary alicyclic amines) is 1. The van der Waals surface area contributed by atoms with Crippen LogP contribution in [0.3, 0.4) is 0 Å². The van der Waals surface area contributed by atoms with Crippen molar-refractivity contribution in [1.82, 2.24) is 59.3 Å². The summed E-state index contributed by atoms with van der Waals surface area (Å²) in [7, 11) is 0. The normalized spacial score (nSPS) is 21.7. The van der Waals surface area contributed by atoms with Gasteiger partial charge < -0.3 is 24.8 Å². The van der Waals surface area contributed by atoms with Gasteiger partial charge in [0.25, 0.3) is 11.1 Å². The van der Waals surface area contributed by atoms with E-state index >= 15 is 0 Å². The summed E-state index contributed by atoms with van der Waals surface area (Å²) in [6, 6.07) is 24.5. The first-order valence-electron chi connectivity index (χ1n) is 23.6. The third-order valence-corrected chi connectivity index (χ3v) is 14.1. The Hall–Kier alpha value is -5.91. The fourth-order valence-corrected chi connectivity index (χ4v) is 10.2. The van der Waals surface area contributed by atoms with Gasteiger partial charge in [0, 0.05) is 87.1 Å². The van der Waals surface area contributed by atoms with Crippen LogP contribution in [0.5, 0.6) is 0 Å². The van der Waals surface area contributed by atoms with Crippen LogP contribution in [0, 0.1) is 11.8 Å². The number of H-pyrrole nitrogens is 2. The smallest absolute Gasteiger partial charge is 0.276 e.